The number of ether oxygens (including phenoxy) is 3. The lowest BCUT2D eigenvalue weighted by Crippen LogP contribution is -2.15. The molecule has 1 aliphatic heterocycles. The third-order valence-corrected chi connectivity index (χ3v) is 3.50. The molecule has 0 radical (unpaired) electrons. The molecular formula is C15H25N3O3. The number of rotatable bonds is 8. The van der Waals surface area contributed by atoms with Crippen LogP contribution in [0.15, 0.2) is 6.20 Å². The van der Waals surface area contributed by atoms with E-state index in [2.05, 4.69) is 16.9 Å². The van der Waals surface area contributed by atoms with Gasteiger partial charge in [-0.2, -0.15) is 0 Å². The predicted octanol–water partition coefficient (Wildman–Crippen LogP) is 2.81. The van der Waals surface area contributed by atoms with Crippen LogP contribution in [0, 0.1) is 5.41 Å². The summed E-state index contributed by atoms with van der Waals surface area (Å²) >= 11 is 0. The highest BCUT2D eigenvalue weighted by Gasteiger charge is 2.28. The zero-order valence-corrected chi connectivity index (χ0v) is 12.9. The van der Waals surface area contributed by atoms with Crippen LogP contribution in [-0.4, -0.2) is 41.8 Å². The van der Waals surface area contributed by atoms with Crippen LogP contribution in [0.5, 0.6) is 0 Å². The predicted molar refractivity (Wildman–Crippen MR) is 79.6 cm³/mol. The van der Waals surface area contributed by atoms with Gasteiger partial charge in [0.1, 0.15) is 0 Å². The first kappa shape index (κ1) is 16.0. The maximum atomic E-state index is 7.71. The van der Waals surface area contributed by atoms with Gasteiger partial charge in [-0.05, 0) is 26.2 Å². The lowest BCUT2D eigenvalue weighted by Gasteiger charge is -2.12. The van der Waals surface area contributed by atoms with Gasteiger partial charge in [-0.3, -0.25) is 5.41 Å². The number of unbranched alkanes of at least 4 members (excludes halogenated alkanes) is 1. The monoisotopic (exact) mass is 295 g/mol. The van der Waals surface area contributed by atoms with Gasteiger partial charge in [0, 0.05) is 6.61 Å². The van der Waals surface area contributed by atoms with E-state index in [1.165, 1.54) is 0 Å². The van der Waals surface area contributed by atoms with E-state index < -0.39 is 0 Å². The van der Waals surface area contributed by atoms with Crippen molar-refractivity contribution in [1.82, 2.24) is 9.97 Å². The van der Waals surface area contributed by atoms with Crippen LogP contribution in [0.4, 0.5) is 0 Å². The lowest BCUT2D eigenvalue weighted by atomic mass is 10.1. The number of nitrogens with one attached hydrogen (secondary N) is 2. The van der Waals surface area contributed by atoms with Gasteiger partial charge in [0.25, 0.3) is 0 Å². The van der Waals surface area contributed by atoms with E-state index in [-0.39, 0.29) is 18.1 Å². The third-order valence-electron chi connectivity index (χ3n) is 3.50. The van der Waals surface area contributed by atoms with Gasteiger partial charge >= 0.3 is 0 Å². The molecular weight excluding hydrogens is 270 g/mol. The maximum absolute atomic E-state index is 7.71. The van der Waals surface area contributed by atoms with Crippen LogP contribution in [0.25, 0.3) is 0 Å². The number of imidazole rings is 1. The molecule has 0 spiro atoms. The molecule has 21 heavy (non-hydrogen) atoms. The van der Waals surface area contributed by atoms with E-state index in [0.29, 0.717) is 19.0 Å². The largest absolute Gasteiger partial charge is 0.476 e. The second-order valence-corrected chi connectivity index (χ2v) is 5.20. The molecule has 2 heterocycles. The van der Waals surface area contributed by atoms with Crippen molar-refractivity contribution in [2.45, 2.75) is 51.7 Å². The number of nitrogens with zero attached hydrogens (tertiary/aromatic N) is 1. The average Bonchev–Trinajstić information content (AvgIpc) is 3.12. The molecule has 1 aromatic heterocycles. The Hall–Kier alpha value is -1.40. The fraction of sp³-hybridized carbons (Fsp3) is 0.733. The SMILES string of the molecule is CCCCOC[C@@H]1CCC(c2cnc(C(=N)OCC)[nH]2)O1. The summed E-state index contributed by atoms with van der Waals surface area (Å²) < 4.78 is 16.7. The highest BCUT2D eigenvalue weighted by molar-refractivity contribution is 5.87. The number of aromatic nitrogens is 2. The van der Waals surface area contributed by atoms with Crippen LogP contribution < -0.4 is 0 Å². The Balaban J connectivity index is 1.80. The number of aromatic amines is 1. The number of H-pyrrole nitrogens is 1. The first-order valence-corrected chi connectivity index (χ1v) is 7.74. The first-order chi connectivity index (χ1) is 10.2. The molecule has 118 valence electrons. The molecule has 0 aliphatic carbocycles. The zero-order valence-electron chi connectivity index (χ0n) is 12.9. The molecule has 1 aliphatic rings. The minimum absolute atomic E-state index is 0.0143. The average molecular weight is 295 g/mol. The Kier molecular flexibility index (Phi) is 6.20. The van der Waals surface area contributed by atoms with Gasteiger partial charge in [0.15, 0.2) is 5.82 Å². The zero-order chi connectivity index (χ0) is 15.1. The van der Waals surface area contributed by atoms with Gasteiger partial charge < -0.3 is 19.2 Å². The molecule has 2 rings (SSSR count). The van der Waals surface area contributed by atoms with E-state index in [4.69, 9.17) is 19.6 Å². The topological polar surface area (TPSA) is 80.2 Å². The highest BCUT2D eigenvalue weighted by Crippen LogP contribution is 2.31. The standard InChI is InChI=1S/C15H25N3O3/c1-3-5-8-19-10-11-6-7-13(21-11)12-9-17-15(18-12)14(16)20-4-2/h9,11,13,16H,3-8,10H2,1-2H3,(H,17,18)/t11-,13?/m0/s1. The van der Waals surface area contributed by atoms with E-state index in [1.54, 1.807) is 6.20 Å². The van der Waals surface area contributed by atoms with E-state index in [0.717, 1.165) is 38.0 Å². The van der Waals surface area contributed by atoms with Gasteiger partial charge in [-0.15, -0.1) is 0 Å². The van der Waals surface area contributed by atoms with E-state index in [1.807, 2.05) is 6.92 Å². The van der Waals surface area contributed by atoms with Crippen LogP contribution >= 0.6 is 0 Å². The minimum atomic E-state index is 0.0143. The van der Waals surface area contributed by atoms with Crippen molar-refractivity contribution in [3.8, 4) is 0 Å². The molecule has 2 N–H and O–H groups in total. The molecule has 6 heteroatoms. The van der Waals surface area contributed by atoms with E-state index in [9.17, 15) is 0 Å². The fourth-order valence-electron chi connectivity index (χ4n) is 2.35. The van der Waals surface area contributed by atoms with Crippen molar-refractivity contribution in [2.75, 3.05) is 19.8 Å². The quantitative estimate of drug-likeness (QED) is 0.439. The summed E-state index contributed by atoms with van der Waals surface area (Å²) in [5, 5.41) is 7.71. The van der Waals surface area contributed by atoms with Crippen molar-refractivity contribution >= 4 is 5.90 Å². The van der Waals surface area contributed by atoms with E-state index >= 15 is 0 Å². The summed E-state index contributed by atoms with van der Waals surface area (Å²) in [4.78, 5) is 7.28. The molecule has 0 aromatic carbocycles. The summed E-state index contributed by atoms with van der Waals surface area (Å²) in [6.07, 6.45) is 6.09. The molecule has 1 aromatic rings. The second kappa shape index (κ2) is 8.14. The summed E-state index contributed by atoms with van der Waals surface area (Å²) in [5.41, 5.74) is 0.908. The van der Waals surface area contributed by atoms with Crippen molar-refractivity contribution in [1.29, 1.82) is 5.41 Å². The molecule has 6 nitrogen and oxygen atoms in total. The Labute approximate surface area is 125 Å². The molecule has 0 bridgehead atoms. The molecule has 1 saturated heterocycles. The van der Waals surface area contributed by atoms with Gasteiger partial charge in [-0.25, -0.2) is 4.98 Å². The minimum Gasteiger partial charge on any atom is -0.476 e. The van der Waals surface area contributed by atoms with Crippen molar-refractivity contribution < 1.29 is 14.2 Å². The number of hydrogen-bond donors (Lipinski definition) is 2. The molecule has 0 amide bonds. The smallest absolute Gasteiger partial charge is 0.250 e. The normalized spacial score (nSPS) is 21.6. The van der Waals surface area contributed by atoms with Gasteiger partial charge in [-0.1, -0.05) is 13.3 Å². The van der Waals surface area contributed by atoms with Crippen molar-refractivity contribution in [3.05, 3.63) is 17.7 Å². The fourth-order valence-corrected chi connectivity index (χ4v) is 2.35. The summed E-state index contributed by atoms with van der Waals surface area (Å²) in [7, 11) is 0. The van der Waals surface area contributed by atoms with Crippen LogP contribution in [0.2, 0.25) is 0 Å². The van der Waals surface area contributed by atoms with Crippen molar-refractivity contribution in [3.63, 3.8) is 0 Å². The summed E-state index contributed by atoms with van der Waals surface area (Å²) in [6, 6.07) is 0. The first-order valence-electron chi connectivity index (χ1n) is 7.74. The highest BCUT2D eigenvalue weighted by atomic mass is 16.5. The molecule has 1 unspecified atom stereocenters. The molecule has 1 fully saturated rings. The lowest BCUT2D eigenvalue weighted by molar-refractivity contribution is -0.0173. The Morgan fingerprint density at radius 2 is 2.33 bits per heavy atom. The summed E-state index contributed by atoms with van der Waals surface area (Å²) in [6.45, 7) is 5.93. The van der Waals surface area contributed by atoms with Crippen LogP contribution in [-0.2, 0) is 14.2 Å². The Morgan fingerprint density at radius 1 is 1.48 bits per heavy atom. The molecule has 2 atom stereocenters. The van der Waals surface area contributed by atoms with Gasteiger partial charge in [0.05, 0.1) is 37.3 Å². The molecule has 0 saturated carbocycles. The van der Waals surface area contributed by atoms with Crippen LogP contribution in [0.1, 0.15) is 57.2 Å². The third kappa shape index (κ3) is 4.54. The van der Waals surface area contributed by atoms with Crippen LogP contribution in [0.3, 0.4) is 0 Å². The number of hydrogen-bond acceptors (Lipinski definition) is 5. The van der Waals surface area contributed by atoms with Gasteiger partial charge in [0.2, 0.25) is 5.90 Å². The Bertz CT molecular complexity index is 447. The Morgan fingerprint density at radius 3 is 3.10 bits per heavy atom. The van der Waals surface area contributed by atoms with Crippen molar-refractivity contribution in [2.24, 2.45) is 0 Å². The maximum Gasteiger partial charge on any atom is 0.250 e. The second-order valence-electron chi connectivity index (χ2n) is 5.20. The summed E-state index contributed by atoms with van der Waals surface area (Å²) in [5.74, 6) is 0.527.